The van der Waals surface area contributed by atoms with Gasteiger partial charge in [-0.2, -0.15) is 0 Å². The molecular formula is C58H36N2O2. The first-order chi connectivity index (χ1) is 30.7. The van der Waals surface area contributed by atoms with E-state index in [-0.39, 0.29) is 0 Å². The van der Waals surface area contributed by atoms with E-state index in [2.05, 4.69) is 188 Å². The first-order valence-corrected chi connectivity index (χ1v) is 20.9. The van der Waals surface area contributed by atoms with E-state index in [1.807, 2.05) is 30.3 Å². The summed E-state index contributed by atoms with van der Waals surface area (Å²) in [6.45, 7) is 0. The second-order valence-corrected chi connectivity index (χ2v) is 15.7. The van der Waals surface area contributed by atoms with E-state index in [1.54, 1.807) is 0 Å². The molecule has 12 rings (SSSR count). The molecule has 4 nitrogen and oxygen atoms in total. The largest absolute Gasteiger partial charge is 0.455 e. The summed E-state index contributed by atoms with van der Waals surface area (Å²) in [7, 11) is 0. The molecule has 0 spiro atoms. The average Bonchev–Trinajstić information content (AvgIpc) is 3.94. The topological polar surface area (TPSA) is 52.1 Å². The molecule has 0 aliphatic rings. The summed E-state index contributed by atoms with van der Waals surface area (Å²) < 4.78 is 13.3. The van der Waals surface area contributed by atoms with Crippen molar-refractivity contribution in [2.45, 2.75) is 0 Å². The van der Waals surface area contributed by atoms with Gasteiger partial charge in [0.1, 0.15) is 22.3 Å². The standard InChI is InChI=1S/C58H36N2O2/c1-4-15-37(16-5-1)42-33-43(38-17-6-2-7-18-38)35-44(34-42)52-36-51(40-19-8-3-9-20-40)59-58(60-52)41-29-27-39(28-30-41)45-31-32-47(55-50-22-11-13-26-54(50)62-57(45)55)49-24-14-23-48-46-21-10-12-25-53(46)61-56(48)49/h1-36H. The summed E-state index contributed by atoms with van der Waals surface area (Å²) in [6.07, 6.45) is 0. The van der Waals surface area contributed by atoms with Gasteiger partial charge in [-0.25, -0.2) is 9.97 Å². The maximum absolute atomic E-state index is 6.74. The third-order valence-electron chi connectivity index (χ3n) is 11.9. The fraction of sp³-hybridized carbons (Fsp3) is 0. The van der Waals surface area contributed by atoms with E-state index in [1.165, 1.54) is 0 Å². The molecule has 290 valence electrons. The second-order valence-electron chi connectivity index (χ2n) is 15.7. The Hall–Kier alpha value is -8.34. The average molecular weight is 793 g/mol. The third kappa shape index (κ3) is 6.16. The van der Waals surface area contributed by atoms with Gasteiger partial charge in [-0.05, 0) is 75.8 Å². The summed E-state index contributed by atoms with van der Waals surface area (Å²) in [5, 5.41) is 4.33. The number of hydrogen-bond donors (Lipinski definition) is 0. The lowest BCUT2D eigenvalue weighted by Crippen LogP contribution is -1.96. The summed E-state index contributed by atoms with van der Waals surface area (Å²) in [5.41, 5.74) is 16.8. The summed E-state index contributed by atoms with van der Waals surface area (Å²) in [4.78, 5) is 10.5. The van der Waals surface area contributed by atoms with Crippen LogP contribution < -0.4 is 0 Å². The number of furan rings is 2. The zero-order valence-corrected chi connectivity index (χ0v) is 33.5. The van der Waals surface area contributed by atoms with E-state index < -0.39 is 0 Å². The summed E-state index contributed by atoms with van der Waals surface area (Å²) >= 11 is 0. The highest BCUT2D eigenvalue weighted by atomic mass is 16.3. The molecule has 0 aliphatic carbocycles. The second kappa shape index (κ2) is 14.7. The van der Waals surface area contributed by atoms with Crippen LogP contribution in [-0.2, 0) is 0 Å². The molecule has 0 amide bonds. The highest BCUT2D eigenvalue weighted by molar-refractivity contribution is 6.19. The third-order valence-corrected chi connectivity index (χ3v) is 11.9. The Morgan fingerprint density at radius 3 is 1.45 bits per heavy atom. The number of rotatable bonds is 7. The minimum atomic E-state index is 0.655. The molecule has 0 saturated carbocycles. The zero-order chi connectivity index (χ0) is 41.0. The van der Waals surface area contributed by atoms with Crippen LogP contribution >= 0.6 is 0 Å². The molecule has 3 aromatic heterocycles. The predicted octanol–water partition coefficient (Wildman–Crippen LogP) is 15.9. The van der Waals surface area contributed by atoms with Gasteiger partial charge in [-0.1, -0.05) is 176 Å². The molecule has 4 heteroatoms. The van der Waals surface area contributed by atoms with Crippen LogP contribution in [0, 0.1) is 0 Å². The smallest absolute Gasteiger partial charge is 0.160 e. The van der Waals surface area contributed by atoms with Crippen molar-refractivity contribution < 1.29 is 8.83 Å². The van der Waals surface area contributed by atoms with Crippen LogP contribution in [0.1, 0.15) is 0 Å². The molecular weight excluding hydrogens is 757 g/mol. The fourth-order valence-corrected chi connectivity index (χ4v) is 8.89. The summed E-state index contributed by atoms with van der Waals surface area (Å²) in [5.74, 6) is 0.655. The molecule has 0 fully saturated rings. The number of nitrogens with zero attached hydrogens (tertiary/aromatic N) is 2. The molecule has 62 heavy (non-hydrogen) atoms. The summed E-state index contributed by atoms with van der Waals surface area (Å²) in [6, 6.07) is 76.1. The minimum Gasteiger partial charge on any atom is -0.455 e. The van der Waals surface area contributed by atoms with Gasteiger partial charge < -0.3 is 8.83 Å². The van der Waals surface area contributed by atoms with E-state index in [4.69, 9.17) is 18.8 Å². The van der Waals surface area contributed by atoms with Crippen LogP contribution in [0.3, 0.4) is 0 Å². The van der Waals surface area contributed by atoms with Gasteiger partial charge in [0.25, 0.3) is 0 Å². The van der Waals surface area contributed by atoms with Crippen LogP contribution in [-0.4, -0.2) is 9.97 Å². The molecule has 0 atom stereocenters. The fourth-order valence-electron chi connectivity index (χ4n) is 8.89. The Labute approximate surface area is 358 Å². The predicted molar refractivity (Wildman–Crippen MR) is 255 cm³/mol. The van der Waals surface area contributed by atoms with Gasteiger partial charge in [-0.3, -0.25) is 0 Å². The number of benzene rings is 9. The first-order valence-electron chi connectivity index (χ1n) is 20.9. The number of hydrogen-bond acceptors (Lipinski definition) is 4. The van der Waals surface area contributed by atoms with Crippen molar-refractivity contribution in [2.24, 2.45) is 0 Å². The van der Waals surface area contributed by atoms with Crippen molar-refractivity contribution in [1.29, 1.82) is 0 Å². The van der Waals surface area contributed by atoms with E-state index in [9.17, 15) is 0 Å². The minimum absolute atomic E-state index is 0.655. The van der Waals surface area contributed by atoms with Crippen molar-refractivity contribution in [3.63, 3.8) is 0 Å². The van der Waals surface area contributed by atoms with Gasteiger partial charge in [0.05, 0.1) is 11.4 Å². The Balaban J connectivity index is 0.991. The molecule has 12 aromatic rings. The van der Waals surface area contributed by atoms with Gasteiger partial charge in [0.15, 0.2) is 5.82 Å². The lowest BCUT2D eigenvalue weighted by molar-refractivity contribution is 0.669. The highest BCUT2D eigenvalue weighted by Gasteiger charge is 2.21. The number of para-hydroxylation sites is 3. The molecule has 9 aromatic carbocycles. The van der Waals surface area contributed by atoms with Crippen LogP contribution in [0.25, 0.3) is 122 Å². The van der Waals surface area contributed by atoms with Gasteiger partial charge in [-0.15, -0.1) is 0 Å². The molecule has 3 heterocycles. The monoisotopic (exact) mass is 792 g/mol. The lowest BCUT2D eigenvalue weighted by Gasteiger charge is -2.13. The number of fused-ring (bicyclic) bond motifs is 6. The van der Waals surface area contributed by atoms with Crippen molar-refractivity contribution in [3.05, 3.63) is 218 Å². The Morgan fingerprint density at radius 2 is 0.774 bits per heavy atom. The quantitative estimate of drug-likeness (QED) is 0.161. The lowest BCUT2D eigenvalue weighted by atomic mass is 9.93. The molecule has 0 unspecified atom stereocenters. The first kappa shape index (κ1) is 35.6. The van der Waals surface area contributed by atoms with Crippen LogP contribution in [0.5, 0.6) is 0 Å². The Bertz CT molecular complexity index is 3550. The Kier molecular flexibility index (Phi) is 8.46. The molecule has 0 aliphatic heterocycles. The molecule has 0 saturated heterocycles. The maximum atomic E-state index is 6.74. The molecule has 0 radical (unpaired) electrons. The molecule has 0 bridgehead atoms. The number of aromatic nitrogens is 2. The van der Waals surface area contributed by atoms with Gasteiger partial charge in [0.2, 0.25) is 0 Å². The Morgan fingerprint density at radius 1 is 0.274 bits per heavy atom. The van der Waals surface area contributed by atoms with E-state index in [0.717, 1.165) is 116 Å². The van der Waals surface area contributed by atoms with Crippen LogP contribution in [0.2, 0.25) is 0 Å². The normalized spacial score (nSPS) is 11.5. The van der Waals surface area contributed by atoms with Crippen LogP contribution in [0.4, 0.5) is 0 Å². The van der Waals surface area contributed by atoms with E-state index in [0.29, 0.717) is 5.82 Å². The maximum Gasteiger partial charge on any atom is 0.160 e. The van der Waals surface area contributed by atoms with Crippen molar-refractivity contribution in [3.8, 4) is 78.4 Å². The van der Waals surface area contributed by atoms with Crippen molar-refractivity contribution in [1.82, 2.24) is 9.97 Å². The van der Waals surface area contributed by atoms with Crippen molar-refractivity contribution >= 4 is 43.9 Å². The van der Waals surface area contributed by atoms with Crippen molar-refractivity contribution in [2.75, 3.05) is 0 Å². The van der Waals surface area contributed by atoms with Crippen LogP contribution in [0.15, 0.2) is 227 Å². The van der Waals surface area contributed by atoms with E-state index >= 15 is 0 Å². The molecule has 0 N–H and O–H groups in total. The zero-order valence-electron chi connectivity index (χ0n) is 33.5. The SMILES string of the molecule is c1ccc(-c2cc(-c3ccccc3)cc(-c3cc(-c4ccccc4)nc(-c4ccc(-c5ccc(-c6cccc7c6oc6ccccc67)c6c5oc5ccccc56)cc4)n3)c2)cc1. The van der Waals surface area contributed by atoms with Gasteiger partial charge >= 0.3 is 0 Å². The van der Waals surface area contributed by atoms with Gasteiger partial charge in [0, 0.05) is 49.4 Å². The highest BCUT2D eigenvalue weighted by Crippen LogP contribution is 2.45.